The Morgan fingerprint density at radius 2 is 1.38 bits per heavy atom. The first-order chi connectivity index (χ1) is 20.2. The van der Waals surface area contributed by atoms with Crippen LogP contribution in [-0.4, -0.2) is 0 Å². The van der Waals surface area contributed by atoms with Gasteiger partial charge >= 0.3 is 0 Å². The van der Waals surface area contributed by atoms with Crippen LogP contribution in [0.4, 0.5) is 0 Å². The molecule has 0 saturated heterocycles. The fourth-order valence-electron chi connectivity index (χ4n) is 5.34. The zero-order valence-electron chi connectivity index (χ0n) is 23.9. The van der Waals surface area contributed by atoms with Gasteiger partial charge in [0.2, 0.25) is 0 Å². The monoisotopic (exact) mass is 562 g/mol. The Morgan fingerprint density at radius 1 is 0.690 bits per heavy atom. The third kappa shape index (κ3) is 6.31. The highest BCUT2D eigenvalue weighted by Crippen LogP contribution is 2.38. The fraction of sp³-hybridized carbons (Fsp3) is 0.122. The zero-order valence-corrected chi connectivity index (χ0v) is 24.7. The molecule has 1 aromatic heterocycles. The largest absolute Gasteiger partial charge is 0.135 e. The highest BCUT2D eigenvalue weighted by molar-refractivity contribution is 7.25. The van der Waals surface area contributed by atoms with Gasteiger partial charge in [-0.05, 0) is 88.2 Å². The van der Waals surface area contributed by atoms with E-state index in [4.69, 9.17) is 6.42 Å². The van der Waals surface area contributed by atoms with Gasteiger partial charge in [-0.15, -0.1) is 17.8 Å². The zero-order chi connectivity index (χ0) is 28.6. The molecule has 1 aliphatic carbocycles. The third-order valence-electron chi connectivity index (χ3n) is 7.20. The molecule has 5 aromatic carbocycles. The number of hydrogen-bond donors (Lipinski definition) is 0. The molecule has 7 rings (SSSR count). The van der Waals surface area contributed by atoms with Crippen molar-refractivity contribution < 1.29 is 0 Å². The lowest BCUT2D eigenvalue weighted by Crippen LogP contribution is -1.85. The number of benzene rings is 5. The maximum absolute atomic E-state index is 5.43. The lowest BCUT2D eigenvalue weighted by atomic mass is 9.98. The summed E-state index contributed by atoms with van der Waals surface area (Å²) in [7, 11) is 0. The van der Waals surface area contributed by atoms with Crippen LogP contribution in [-0.2, 0) is 6.42 Å². The summed E-state index contributed by atoms with van der Waals surface area (Å²) in [5.41, 5.74) is 10.3. The average Bonchev–Trinajstić information content (AvgIpc) is 3.60. The second-order valence-electron chi connectivity index (χ2n) is 9.65. The van der Waals surface area contributed by atoms with E-state index in [2.05, 4.69) is 127 Å². The fourth-order valence-corrected chi connectivity index (χ4v) is 6.42. The van der Waals surface area contributed by atoms with Crippen molar-refractivity contribution in [3.63, 3.8) is 0 Å². The minimum Gasteiger partial charge on any atom is -0.135 e. The van der Waals surface area contributed by atoms with Crippen LogP contribution in [0.1, 0.15) is 44.9 Å². The smallest absolute Gasteiger partial charge is 0.0355 e. The van der Waals surface area contributed by atoms with Crippen LogP contribution < -0.4 is 0 Å². The lowest BCUT2D eigenvalue weighted by Gasteiger charge is -2.06. The Labute approximate surface area is 255 Å². The molecule has 208 valence electrons. The standard InChI is InChI=1S/C20H16.C18H12S.C2H6.CH4/c1-3-7-15(8-4-2)16-11-12-18-13-17-9-5-6-10-19(17)20(18)14-16;1-2-6-13(7-3-1)14-10-11-18-16(12-14)15-8-4-5-9-17(15)19-18;1-2;/h1,4-12,14H,13H2,2H3;1-12H;1-2H3;1H4/b8-4-,15-7+;;;. The summed E-state index contributed by atoms with van der Waals surface area (Å²) < 4.78 is 2.73. The molecule has 1 aliphatic rings. The highest BCUT2D eigenvalue weighted by atomic mass is 32.1. The van der Waals surface area contributed by atoms with E-state index >= 15 is 0 Å². The van der Waals surface area contributed by atoms with Crippen molar-refractivity contribution in [3.05, 3.63) is 150 Å². The molecule has 0 radical (unpaired) electrons. The van der Waals surface area contributed by atoms with E-state index in [9.17, 15) is 0 Å². The van der Waals surface area contributed by atoms with Crippen molar-refractivity contribution in [2.45, 2.75) is 34.6 Å². The molecular formula is C41H38S. The van der Waals surface area contributed by atoms with Gasteiger partial charge in [-0.1, -0.05) is 130 Å². The molecule has 0 bridgehead atoms. The molecule has 0 nitrogen and oxygen atoms in total. The molecule has 0 aliphatic heterocycles. The summed E-state index contributed by atoms with van der Waals surface area (Å²) >= 11 is 1.87. The maximum atomic E-state index is 5.43. The molecule has 42 heavy (non-hydrogen) atoms. The summed E-state index contributed by atoms with van der Waals surface area (Å²) in [6.45, 7) is 6.01. The maximum Gasteiger partial charge on any atom is 0.0355 e. The first-order valence-electron chi connectivity index (χ1n) is 14.2. The Morgan fingerprint density at radius 3 is 2.17 bits per heavy atom. The summed E-state index contributed by atoms with van der Waals surface area (Å²) in [5, 5.41) is 2.72. The van der Waals surface area contributed by atoms with Crippen LogP contribution in [0.15, 0.2) is 133 Å². The number of allylic oxidation sites excluding steroid dienone is 4. The van der Waals surface area contributed by atoms with Gasteiger partial charge in [0.25, 0.3) is 0 Å². The number of rotatable bonds is 3. The van der Waals surface area contributed by atoms with Crippen molar-refractivity contribution in [3.8, 4) is 34.6 Å². The van der Waals surface area contributed by atoms with Gasteiger partial charge in [0.15, 0.2) is 0 Å². The Balaban J connectivity index is 0.000000178. The van der Waals surface area contributed by atoms with Crippen molar-refractivity contribution in [1.82, 2.24) is 0 Å². The van der Waals surface area contributed by atoms with Gasteiger partial charge in [0, 0.05) is 20.2 Å². The van der Waals surface area contributed by atoms with E-state index in [0.717, 1.165) is 12.0 Å². The summed E-state index contributed by atoms with van der Waals surface area (Å²) in [6.07, 6.45) is 12.4. The van der Waals surface area contributed by atoms with Gasteiger partial charge in [-0.2, -0.15) is 0 Å². The van der Waals surface area contributed by atoms with Crippen molar-refractivity contribution in [1.29, 1.82) is 0 Å². The van der Waals surface area contributed by atoms with E-state index in [0.29, 0.717) is 0 Å². The van der Waals surface area contributed by atoms with E-state index < -0.39 is 0 Å². The molecule has 0 amide bonds. The second kappa shape index (κ2) is 14.3. The minimum atomic E-state index is 0. The van der Waals surface area contributed by atoms with Gasteiger partial charge < -0.3 is 0 Å². The quantitative estimate of drug-likeness (QED) is 0.148. The molecule has 0 fully saturated rings. The van der Waals surface area contributed by atoms with E-state index in [-0.39, 0.29) is 7.43 Å². The Kier molecular flexibility index (Phi) is 10.3. The second-order valence-corrected chi connectivity index (χ2v) is 10.7. The Bertz CT molecular complexity index is 1890. The SMILES string of the molecule is C.C#C/C=C(\C=C/C)c1ccc2c(c1)-c1ccccc1C2.CC.c1ccc(-c2ccc3sc4ccccc4c3c2)cc1. The van der Waals surface area contributed by atoms with Gasteiger partial charge in [0.05, 0.1) is 0 Å². The van der Waals surface area contributed by atoms with Gasteiger partial charge in [0.1, 0.15) is 0 Å². The average molecular weight is 563 g/mol. The highest BCUT2D eigenvalue weighted by Gasteiger charge is 2.18. The number of fused-ring (bicyclic) bond motifs is 6. The van der Waals surface area contributed by atoms with Crippen molar-refractivity contribution >= 4 is 37.1 Å². The van der Waals surface area contributed by atoms with Gasteiger partial charge in [-0.25, -0.2) is 0 Å². The van der Waals surface area contributed by atoms with Crippen LogP contribution in [0.25, 0.3) is 48.0 Å². The van der Waals surface area contributed by atoms with Crippen LogP contribution in [0.2, 0.25) is 0 Å². The third-order valence-corrected chi connectivity index (χ3v) is 8.35. The molecular weight excluding hydrogens is 525 g/mol. The molecule has 0 spiro atoms. The van der Waals surface area contributed by atoms with Crippen molar-refractivity contribution in [2.75, 3.05) is 0 Å². The van der Waals surface area contributed by atoms with Crippen LogP contribution in [0.3, 0.4) is 0 Å². The summed E-state index contributed by atoms with van der Waals surface area (Å²) in [4.78, 5) is 0. The van der Waals surface area contributed by atoms with Crippen LogP contribution >= 0.6 is 11.3 Å². The first-order valence-corrected chi connectivity index (χ1v) is 15.0. The molecule has 0 saturated carbocycles. The number of thiophene rings is 1. The number of terminal acetylenes is 1. The van der Waals surface area contributed by atoms with E-state index in [1.165, 1.54) is 59.1 Å². The molecule has 0 unspecified atom stereocenters. The van der Waals surface area contributed by atoms with Crippen LogP contribution in [0, 0.1) is 12.3 Å². The van der Waals surface area contributed by atoms with Gasteiger partial charge in [-0.3, -0.25) is 0 Å². The molecule has 0 N–H and O–H groups in total. The predicted molar refractivity (Wildman–Crippen MR) is 189 cm³/mol. The lowest BCUT2D eigenvalue weighted by molar-refractivity contribution is 1.26. The molecule has 0 atom stereocenters. The Hall–Kier alpha value is -4.64. The molecule has 6 aromatic rings. The topological polar surface area (TPSA) is 0 Å². The minimum absolute atomic E-state index is 0. The normalized spacial score (nSPS) is 11.4. The summed E-state index contributed by atoms with van der Waals surface area (Å²) in [6, 6.07) is 41.2. The first kappa shape index (κ1) is 30.3. The van der Waals surface area contributed by atoms with Crippen LogP contribution in [0.5, 0.6) is 0 Å². The summed E-state index contributed by atoms with van der Waals surface area (Å²) in [5.74, 6) is 2.62. The predicted octanol–water partition coefficient (Wildman–Crippen LogP) is 12.2. The van der Waals surface area contributed by atoms with E-state index in [1.54, 1.807) is 0 Å². The van der Waals surface area contributed by atoms with E-state index in [1.807, 2.05) is 44.3 Å². The number of hydrogen-bond acceptors (Lipinski definition) is 1. The molecule has 1 heterocycles. The molecule has 1 heteroatoms. The van der Waals surface area contributed by atoms with Crippen molar-refractivity contribution in [2.24, 2.45) is 0 Å².